The van der Waals surface area contributed by atoms with Gasteiger partial charge in [-0.05, 0) is 19.1 Å². The zero-order valence-electron chi connectivity index (χ0n) is 14.2. The van der Waals surface area contributed by atoms with Crippen molar-refractivity contribution in [3.05, 3.63) is 65.3 Å². The summed E-state index contributed by atoms with van der Waals surface area (Å²) in [5.41, 5.74) is 3.28. The summed E-state index contributed by atoms with van der Waals surface area (Å²) < 4.78 is 7.49. The molecule has 1 aliphatic heterocycles. The number of halogens is 1. The van der Waals surface area contributed by atoms with E-state index in [4.69, 9.17) is 21.3 Å². The molecule has 0 bridgehead atoms. The normalized spacial score (nSPS) is 14.7. The molecule has 1 saturated heterocycles. The van der Waals surface area contributed by atoms with Gasteiger partial charge in [0, 0.05) is 24.3 Å². The van der Waals surface area contributed by atoms with Crippen molar-refractivity contribution in [1.29, 1.82) is 0 Å². The van der Waals surface area contributed by atoms with Crippen LogP contribution in [0.3, 0.4) is 0 Å². The number of benzene rings is 2. The van der Waals surface area contributed by atoms with E-state index >= 15 is 0 Å². The smallest absolute Gasteiger partial charge is 0.167 e. The average molecular weight is 354 g/mol. The van der Waals surface area contributed by atoms with Crippen LogP contribution in [0.15, 0.2) is 54.6 Å². The number of hydrogen-bond donors (Lipinski definition) is 0. The monoisotopic (exact) mass is 353 g/mol. The van der Waals surface area contributed by atoms with Crippen molar-refractivity contribution in [2.24, 2.45) is 0 Å². The Bertz CT molecular complexity index is 853. The topological polar surface area (TPSA) is 30.3 Å². The Balaban J connectivity index is 1.87. The van der Waals surface area contributed by atoms with Crippen molar-refractivity contribution in [3.8, 4) is 17.1 Å². The first kappa shape index (κ1) is 16.2. The third-order valence-corrected chi connectivity index (χ3v) is 4.78. The van der Waals surface area contributed by atoms with Crippen molar-refractivity contribution >= 4 is 17.4 Å². The van der Waals surface area contributed by atoms with Crippen LogP contribution in [0.1, 0.15) is 5.56 Å². The summed E-state index contributed by atoms with van der Waals surface area (Å²) in [5, 5.41) is 0.643. The molecule has 0 aliphatic carbocycles. The van der Waals surface area contributed by atoms with E-state index in [0.29, 0.717) is 18.4 Å². The van der Waals surface area contributed by atoms with E-state index in [1.54, 1.807) is 0 Å². The molecule has 2 heterocycles. The molecule has 3 aromatic rings. The Morgan fingerprint density at radius 1 is 0.960 bits per heavy atom. The minimum Gasteiger partial charge on any atom is -0.378 e. The van der Waals surface area contributed by atoms with Crippen molar-refractivity contribution in [2.45, 2.75) is 6.92 Å². The van der Waals surface area contributed by atoms with Crippen LogP contribution in [-0.4, -0.2) is 35.9 Å². The van der Waals surface area contributed by atoms with Crippen LogP contribution in [0.25, 0.3) is 17.1 Å². The largest absolute Gasteiger partial charge is 0.378 e. The van der Waals surface area contributed by atoms with E-state index in [1.807, 2.05) is 22.8 Å². The fourth-order valence-corrected chi connectivity index (χ4v) is 3.42. The van der Waals surface area contributed by atoms with Crippen LogP contribution in [0.5, 0.6) is 0 Å². The van der Waals surface area contributed by atoms with E-state index in [1.165, 1.54) is 5.56 Å². The van der Waals surface area contributed by atoms with Crippen molar-refractivity contribution in [1.82, 2.24) is 9.55 Å². The summed E-state index contributed by atoms with van der Waals surface area (Å²) in [6.07, 6.45) is 0. The van der Waals surface area contributed by atoms with Gasteiger partial charge in [-0.2, -0.15) is 0 Å². The quantitative estimate of drug-likeness (QED) is 0.701. The molecule has 0 spiro atoms. The highest BCUT2D eigenvalue weighted by Crippen LogP contribution is 2.35. The van der Waals surface area contributed by atoms with Gasteiger partial charge in [-0.3, -0.25) is 4.57 Å². The molecule has 25 heavy (non-hydrogen) atoms. The van der Waals surface area contributed by atoms with Crippen LogP contribution in [0.2, 0.25) is 5.15 Å². The highest BCUT2D eigenvalue weighted by Gasteiger charge is 2.23. The predicted octanol–water partition coefficient (Wildman–Crippen LogP) is 4.34. The van der Waals surface area contributed by atoms with Crippen molar-refractivity contribution in [3.63, 3.8) is 0 Å². The van der Waals surface area contributed by atoms with Gasteiger partial charge in [-0.15, -0.1) is 0 Å². The third kappa shape index (κ3) is 3.15. The molecule has 0 atom stereocenters. The van der Waals surface area contributed by atoms with Gasteiger partial charge in [0.1, 0.15) is 5.82 Å². The Morgan fingerprint density at radius 3 is 2.32 bits per heavy atom. The van der Waals surface area contributed by atoms with Gasteiger partial charge in [0.05, 0.1) is 13.2 Å². The molecule has 4 nitrogen and oxygen atoms in total. The van der Waals surface area contributed by atoms with Gasteiger partial charge in [0.2, 0.25) is 0 Å². The van der Waals surface area contributed by atoms with Crippen molar-refractivity contribution in [2.75, 3.05) is 31.2 Å². The van der Waals surface area contributed by atoms with Gasteiger partial charge in [-0.1, -0.05) is 59.6 Å². The maximum atomic E-state index is 6.81. The summed E-state index contributed by atoms with van der Waals surface area (Å²) in [7, 11) is 0. The highest BCUT2D eigenvalue weighted by atomic mass is 35.5. The number of morpholine rings is 1. The molecule has 0 N–H and O–H groups in total. The van der Waals surface area contributed by atoms with Crippen LogP contribution in [0.4, 0.5) is 5.82 Å². The van der Waals surface area contributed by atoms with E-state index in [0.717, 1.165) is 36.0 Å². The van der Waals surface area contributed by atoms with Gasteiger partial charge >= 0.3 is 0 Å². The molecule has 5 heteroatoms. The second kappa shape index (κ2) is 6.90. The molecule has 0 amide bonds. The molecule has 0 saturated carbocycles. The number of ether oxygens (including phenoxy) is 1. The molecule has 1 aliphatic rings. The summed E-state index contributed by atoms with van der Waals surface area (Å²) in [6, 6.07) is 18.5. The standard InChI is InChI=1S/C20H20ClN3O/c1-15-7-9-17(10-8-15)24-18(21)20(23-11-13-25-14-12-23)22-19(24)16-5-3-2-4-6-16/h2-10H,11-14H2,1H3. The van der Waals surface area contributed by atoms with Gasteiger partial charge in [0.25, 0.3) is 0 Å². The number of aromatic nitrogens is 2. The molecule has 1 fully saturated rings. The predicted molar refractivity (Wildman–Crippen MR) is 102 cm³/mol. The lowest BCUT2D eigenvalue weighted by atomic mass is 10.2. The van der Waals surface area contributed by atoms with Crippen molar-refractivity contribution < 1.29 is 4.74 Å². The first-order valence-electron chi connectivity index (χ1n) is 8.47. The molecular formula is C20H20ClN3O. The molecule has 4 rings (SSSR count). The molecule has 0 radical (unpaired) electrons. The van der Waals surface area contributed by atoms with Crippen LogP contribution in [0, 0.1) is 6.92 Å². The second-order valence-electron chi connectivity index (χ2n) is 6.19. The minimum absolute atomic E-state index is 0.643. The number of aryl methyl sites for hydroxylation is 1. The lowest BCUT2D eigenvalue weighted by Crippen LogP contribution is -2.36. The Labute approximate surface area is 152 Å². The zero-order valence-corrected chi connectivity index (χ0v) is 14.9. The molecule has 1 aromatic heterocycles. The Kier molecular flexibility index (Phi) is 4.47. The molecule has 128 valence electrons. The fourth-order valence-electron chi connectivity index (χ4n) is 3.08. The average Bonchev–Trinajstić information content (AvgIpc) is 3.01. The van der Waals surface area contributed by atoms with E-state index < -0.39 is 0 Å². The third-order valence-electron chi connectivity index (χ3n) is 4.44. The highest BCUT2D eigenvalue weighted by molar-refractivity contribution is 6.32. The molecular weight excluding hydrogens is 334 g/mol. The lowest BCUT2D eigenvalue weighted by Gasteiger charge is -2.27. The number of rotatable bonds is 3. The Hall–Kier alpha value is -2.30. The fraction of sp³-hybridized carbons (Fsp3) is 0.250. The minimum atomic E-state index is 0.643. The Morgan fingerprint density at radius 2 is 1.64 bits per heavy atom. The van der Waals surface area contributed by atoms with E-state index in [9.17, 15) is 0 Å². The summed E-state index contributed by atoms with van der Waals surface area (Å²) >= 11 is 6.81. The SMILES string of the molecule is Cc1ccc(-n2c(-c3ccccc3)nc(N3CCOCC3)c2Cl)cc1. The summed E-state index contributed by atoms with van der Waals surface area (Å²) in [6.45, 7) is 5.09. The number of imidazole rings is 1. The lowest BCUT2D eigenvalue weighted by molar-refractivity contribution is 0.122. The maximum absolute atomic E-state index is 6.81. The molecule has 0 unspecified atom stereocenters. The van der Waals surface area contributed by atoms with E-state index in [2.05, 4.69) is 48.2 Å². The van der Waals surface area contributed by atoms with Gasteiger partial charge < -0.3 is 9.64 Å². The zero-order chi connectivity index (χ0) is 17.2. The summed E-state index contributed by atoms with van der Waals surface area (Å²) in [5.74, 6) is 1.68. The summed E-state index contributed by atoms with van der Waals surface area (Å²) in [4.78, 5) is 7.10. The van der Waals surface area contributed by atoms with Crippen LogP contribution < -0.4 is 4.90 Å². The number of nitrogens with zero attached hydrogens (tertiary/aromatic N) is 3. The first-order chi connectivity index (χ1) is 12.2. The first-order valence-corrected chi connectivity index (χ1v) is 8.85. The number of hydrogen-bond acceptors (Lipinski definition) is 3. The second-order valence-corrected chi connectivity index (χ2v) is 6.54. The molecule has 2 aromatic carbocycles. The van der Waals surface area contributed by atoms with E-state index in [-0.39, 0.29) is 0 Å². The maximum Gasteiger partial charge on any atom is 0.167 e. The van der Waals surface area contributed by atoms with Crippen LogP contribution in [-0.2, 0) is 4.74 Å². The van der Waals surface area contributed by atoms with Gasteiger partial charge in [0.15, 0.2) is 11.0 Å². The van der Waals surface area contributed by atoms with Crippen LogP contribution >= 0.6 is 11.6 Å². The number of anilines is 1. The van der Waals surface area contributed by atoms with Gasteiger partial charge in [-0.25, -0.2) is 4.98 Å².